The van der Waals surface area contributed by atoms with Gasteiger partial charge in [-0.2, -0.15) is 0 Å². The second kappa shape index (κ2) is 12.6. The van der Waals surface area contributed by atoms with E-state index in [0.29, 0.717) is 46.1 Å². The molecule has 8 heteroatoms. The molecule has 1 heterocycles. The monoisotopic (exact) mass is 594 g/mol. The minimum Gasteiger partial charge on any atom is -0.314 e. The standard InChI is InChI=1S/C30H32BrClN4O2/c1-4-6-11-18-35(30(38)34-25-15-10-8-13-23(25)31)26(5-2)28-33-24-14-9-7-12-22(24)29(37)36(28)27-17-16-21(32)19-20(27)3/h7-10,12-17,19,26H,4-6,11,18H2,1-3H3,(H,34,38). The van der Waals surface area contributed by atoms with Crippen LogP contribution >= 0.6 is 27.5 Å². The maximum Gasteiger partial charge on any atom is 0.322 e. The molecule has 1 atom stereocenters. The Hall–Kier alpha value is -3.16. The molecule has 0 aliphatic heterocycles. The molecule has 6 nitrogen and oxygen atoms in total. The van der Waals surface area contributed by atoms with Crippen molar-refractivity contribution in [2.24, 2.45) is 0 Å². The average molecular weight is 596 g/mol. The maximum atomic E-state index is 14.0. The summed E-state index contributed by atoms with van der Waals surface area (Å²) in [5, 5.41) is 4.18. The number of rotatable bonds is 9. The zero-order chi connectivity index (χ0) is 27.2. The SMILES string of the molecule is CCCCCN(C(=O)Nc1ccccc1Br)C(CC)c1nc2ccccc2c(=O)n1-c1ccc(Cl)cc1C. The topological polar surface area (TPSA) is 67.2 Å². The number of nitrogens with one attached hydrogen (secondary N) is 1. The number of carbonyl (C=O) groups is 1. The molecule has 0 radical (unpaired) electrons. The molecule has 0 aliphatic rings. The van der Waals surface area contributed by atoms with E-state index in [4.69, 9.17) is 16.6 Å². The van der Waals surface area contributed by atoms with Crippen molar-refractivity contribution in [2.45, 2.75) is 52.5 Å². The van der Waals surface area contributed by atoms with Gasteiger partial charge in [0.15, 0.2) is 0 Å². The van der Waals surface area contributed by atoms with Crippen LogP contribution in [0.5, 0.6) is 0 Å². The van der Waals surface area contributed by atoms with Gasteiger partial charge in [-0.15, -0.1) is 0 Å². The molecule has 1 aromatic heterocycles. The van der Waals surface area contributed by atoms with Gasteiger partial charge in [-0.3, -0.25) is 9.36 Å². The largest absolute Gasteiger partial charge is 0.322 e. The molecule has 0 aliphatic carbocycles. The minimum absolute atomic E-state index is 0.172. The van der Waals surface area contributed by atoms with Gasteiger partial charge in [0.2, 0.25) is 0 Å². The fourth-order valence-corrected chi connectivity index (χ4v) is 5.31. The Labute approximate surface area is 236 Å². The first-order valence-electron chi connectivity index (χ1n) is 13.0. The molecule has 0 bridgehead atoms. The number of anilines is 1. The molecule has 2 amide bonds. The summed E-state index contributed by atoms with van der Waals surface area (Å²) in [6.45, 7) is 6.61. The molecule has 0 saturated heterocycles. The molecule has 0 saturated carbocycles. The molecular formula is C30H32BrClN4O2. The van der Waals surface area contributed by atoms with Crippen LogP contribution in [0.15, 0.2) is 76.0 Å². The van der Waals surface area contributed by atoms with Crippen molar-refractivity contribution in [1.29, 1.82) is 0 Å². The first-order valence-corrected chi connectivity index (χ1v) is 14.1. The Morgan fingerprint density at radius 1 is 1.08 bits per heavy atom. The van der Waals surface area contributed by atoms with Crippen LogP contribution in [0.25, 0.3) is 16.6 Å². The first-order chi connectivity index (χ1) is 18.3. The summed E-state index contributed by atoms with van der Waals surface area (Å²) < 4.78 is 2.45. The smallest absolute Gasteiger partial charge is 0.314 e. The highest BCUT2D eigenvalue weighted by molar-refractivity contribution is 9.10. The first kappa shape index (κ1) is 27.9. The molecule has 1 unspecified atom stereocenters. The third-order valence-electron chi connectivity index (χ3n) is 6.64. The van der Waals surface area contributed by atoms with Crippen molar-refractivity contribution in [3.8, 4) is 5.69 Å². The number of amides is 2. The molecule has 0 spiro atoms. The van der Waals surface area contributed by atoms with Crippen LogP contribution in [0.2, 0.25) is 5.02 Å². The van der Waals surface area contributed by atoms with Gasteiger partial charge in [0.1, 0.15) is 5.82 Å². The van der Waals surface area contributed by atoms with E-state index in [1.807, 2.05) is 73.3 Å². The van der Waals surface area contributed by atoms with E-state index in [-0.39, 0.29) is 11.6 Å². The summed E-state index contributed by atoms with van der Waals surface area (Å²) in [7, 11) is 0. The third kappa shape index (κ3) is 5.94. The van der Waals surface area contributed by atoms with Crippen molar-refractivity contribution in [3.05, 3.63) is 98.0 Å². The fourth-order valence-electron chi connectivity index (χ4n) is 4.70. The zero-order valence-electron chi connectivity index (χ0n) is 21.9. The second-order valence-electron chi connectivity index (χ2n) is 9.29. The Morgan fingerprint density at radius 3 is 2.53 bits per heavy atom. The number of benzene rings is 3. The summed E-state index contributed by atoms with van der Waals surface area (Å²) in [5.74, 6) is 0.528. The van der Waals surface area contributed by atoms with E-state index in [0.717, 1.165) is 29.3 Å². The highest BCUT2D eigenvalue weighted by Gasteiger charge is 2.29. The molecular weight excluding hydrogens is 564 g/mol. The molecule has 198 valence electrons. The molecule has 4 aromatic rings. The molecule has 4 rings (SSSR count). The lowest BCUT2D eigenvalue weighted by Crippen LogP contribution is -2.41. The normalized spacial score (nSPS) is 11.9. The number of carbonyl (C=O) groups excluding carboxylic acids is 1. The summed E-state index contributed by atoms with van der Waals surface area (Å²) in [6, 6.07) is 19.6. The van der Waals surface area contributed by atoms with E-state index in [1.165, 1.54) is 0 Å². The number of aromatic nitrogens is 2. The summed E-state index contributed by atoms with van der Waals surface area (Å²) in [6.07, 6.45) is 3.43. The van der Waals surface area contributed by atoms with Crippen molar-refractivity contribution in [1.82, 2.24) is 14.5 Å². The van der Waals surface area contributed by atoms with Crippen molar-refractivity contribution in [2.75, 3.05) is 11.9 Å². The van der Waals surface area contributed by atoms with Gasteiger partial charge in [-0.25, -0.2) is 9.78 Å². The number of nitrogens with zero attached hydrogens (tertiary/aromatic N) is 3. The van der Waals surface area contributed by atoms with Gasteiger partial charge in [0, 0.05) is 16.0 Å². The Morgan fingerprint density at radius 2 is 1.82 bits per heavy atom. The van der Waals surface area contributed by atoms with Gasteiger partial charge in [0.25, 0.3) is 5.56 Å². The Kier molecular flexibility index (Phi) is 9.23. The molecule has 1 N–H and O–H groups in total. The van der Waals surface area contributed by atoms with Crippen LogP contribution in [-0.2, 0) is 0 Å². The number of fused-ring (bicyclic) bond motifs is 1. The lowest BCUT2D eigenvalue weighted by molar-refractivity contribution is 0.179. The van der Waals surface area contributed by atoms with E-state index in [2.05, 4.69) is 28.2 Å². The van der Waals surface area contributed by atoms with Crippen LogP contribution in [0.3, 0.4) is 0 Å². The number of para-hydroxylation sites is 2. The van der Waals surface area contributed by atoms with Crippen LogP contribution in [0, 0.1) is 6.92 Å². The fraction of sp³-hybridized carbons (Fsp3) is 0.300. The van der Waals surface area contributed by atoms with E-state index < -0.39 is 6.04 Å². The van der Waals surface area contributed by atoms with Gasteiger partial charge in [-0.05, 0) is 83.7 Å². The number of unbranched alkanes of at least 4 members (excludes halogenated alkanes) is 2. The molecule has 38 heavy (non-hydrogen) atoms. The van der Waals surface area contributed by atoms with Gasteiger partial charge in [-0.1, -0.05) is 62.6 Å². The number of hydrogen-bond donors (Lipinski definition) is 1. The van der Waals surface area contributed by atoms with Crippen LogP contribution in [-0.4, -0.2) is 27.0 Å². The summed E-state index contributed by atoms with van der Waals surface area (Å²) in [4.78, 5) is 34.6. The lowest BCUT2D eigenvalue weighted by atomic mass is 10.1. The minimum atomic E-state index is -0.443. The van der Waals surface area contributed by atoms with Gasteiger partial charge < -0.3 is 10.2 Å². The molecule has 0 fully saturated rings. The second-order valence-corrected chi connectivity index (χ2v) is 10.6. The van der Waals surface area contributed by atoms with Crippen LogP contribution in [0.1, 0.15) is 57.0 Å². The van der Waals surface area contributed by atoms with Gasteiger partial charge in [0.05, 0.1) is 28.3 Å². The van der Waals surface area contributed by atoms with Crippen molar-refractivity contribution < 1.29 is 4.79 Å². The van der Waals surface area contributed by atoms with Crippen LogP contribution < -0.4 is 10.9 Å². The highest BCUT2D eigenvalue weighted by Crippen LogP contribution is 2.30. The summed E-state index contributed by atoms with van der Waals surface area (Å²) >= 11 is 9.78. The van der Waals surface area contributed by atoms with Crippen LogP contribution in [0.4, 0.5) is 10.5 Å². The van der Waals surface area contributed by atoms with E-state index >= 15 is 0 Å². The Balaban J connectivity index is 1.89. The molecule has 3 aromatic carbocycles. The summed E-state index contributed by atoms with van der Waals surface area (Å²) in [5.41, 5.74) is 2.67. The van der Waals surface area contributed by atoms with Crippen molar-refractivity contribution >= 4 is 50.2 Å². The third-order valence-corrected chi connectivity index (χ3v) is 7.57. The highest BCUT2D eigenvalue weighted by atomic mass is 79.9. The Bertz CT molecular complexity index is 1500. The quantitative estimate of drug-likeness (QED) is 0.198. The average Bonchev–Trinajstić information content (AvgIpc) is 2.90. The maximum absolute atomic E-state index is 14.0. The predicted molar refractivity (Wildman–Crippen MR) is 160 cm³/mol. The number of hydrogen-bond acceptors (Lipinski definition) is 3. The van der Waals surface area contributed by atoms with Crippen molar-refractivity contribution in [3.63, 3.8) is 0 Å². The zero-order valence-corrected chi connectivity index (χ0v) is 24.2. The predicted octanol–water partition coefficient (Wildman–Crippen LogP) is 8.29. The number of urea groups is 1. The van der Waals surface area contributed by atoms with E-state index in [1.54, 1.807) is 16.7 Å². The van der Waals surface area contributed by atoms with Gasteiger partial charge >= 0.3 is 6.03 Å². The van der Waals surface area contributed by atoms with E-state index in [9.17, 15) is 9.59 Å². The lowest BCUT2D eigenvalue weighted by Gasteiger charge is -2.33. The number of aryl methyl sites for hydroxylation is 1. The number of halogens is 2.